The van der Waals surface area contributed by atoms with Crippen molar-refractivity contribution in [2.45, 2.75) is 23.2 Å². The number of sulfone groups is 1. The molecule has 21 heavy (non-hydrogen) atoms. The first-order valence-corrected chi connectivity index (χ1v) is 9.03. The Balaban J connectivity index is 2.03. The molecule has 0 radical (unpaired) electrons. The van der Waals surface area contributed by atoms with Crippen molar-refractivity contribution >= 4 is 27.5 Å². The van der Waals surface area contributed by atoms with E-state index < -0.39 is 9.84 Å². The van der Waals surface area contributed by atoms with Crippen molar-refractivity contribution in [3.05, 3.63) is 41.4 Å². The zero-order valence-electron chi connectivity index (χ0n) is 11.6. The highest BCUT2D eigenvalue weighted by molar-refractivity contribution is 8.02. The highest BCUT2D eigenvalue weighted by Crippen LogP contribution is 2.25. The summed E-state index contributed by atoms with van der Waals surface area (Å²) in [5, 5.41) is 14.9. The number of hydrogen-bond donors (Lipinski definition) is 2. The third-order valence-corrected chi connectivity index (χ3v) is 5.33. The molecule has 1 aromatic carbocycles. The second kappa shape index (κ2) is 6.08. The zero-order chi connectivity index (χ0) is 15.6. The number of nitrogens with zero attached hydrogens (tertiary/aromatic N) is 1. The van der Waals surface area contributed by atoms with Crippen LogP contribution in [0, 0.1) is 0 Å². The van der Waals surface area contributed by atoms with Crippen LogP contribution >= 0.6 is 11.8 Å². The van der Waals surface area contributed by atoms with Gasteiger partial charge >= 0.3 is 0 Å². The van der Waals surface area contributed by atoms with Crippen LogP contribution in [0.25, 0.3) is 0 Å². The van der Waals surface area contributed by atoms with Gasteiger partial charge in [-0.25, -0.2) is 13.5 Å². The maximum atomic E-state index is 12.1. The lowest BCUT2D eigenvalue weighted by Gasteiger charge is -2.25. The molecule has 0 spiro atoms. The second-order valence-electron chi connectivity index (χ2n) is 4.75. The van der Waals surface area contributed by atoms with Crippen LogP contribution < -0.4 is 5.32 Å². The third-order valence-electron chi connectivity index (χ3n) is 3.02. The van der Waals surface area contributed by atoms with Crippen molar-refractivity contribution in [2.75, 3.05) is 6.26 Å². The number of nitrogens with one attached hydrogen (secondary N) is 1. The molecule has 1 heterocycles. The Kier molecular flexibility index (Phi) is 4.60. The molecule has 1 aromatic rings. The molecule has 0 saturated carbocycles. The lowest BCUT2D eigenvalue weighted by molar-refractivity contribution is -0.0548. The number of thioether (sulfide) groups is 1. The van der Waals surface area contributed by atoms with Gasteiger partial charge in [0.05, 0.1) is 10.9 Å². The van der Waals surface area contributed by atoms with E-state index in [1.165, 1.54) is 42.2 Å². The summed E-state index contributed by atoms with van der Waals surface area (Å²) in [5.74, 6) is -0.316. The smallest absolute Gasteiger partial charge is 0.251 e. The first-order valence-electron chi connectivity index (χ1n) is 6.19. The lowest BCUT2D eigenvalue weighted by atomic mass is 10.2. The molecular formula is C13H16N2O4S2. The molecule has 114 valence electrons. The van der Waals surface area contributed by atoms with Gasteiger partial charge in [-0.15, -0.1) is 11.8 Å². The van der Waals surface area contributed by atoms with Crippen molar-refractivity contribution < 1.29 is 18.4 Å². The van der Waals surface area contributed by atoms with Crippen molar-refractivity contribution in [3.8, 4) is 0 Å². The van der Waals surface area contributed by atoms with E-state index in [2.05, 4.69) is 5.32 Å². The molecule has 1 unspecified atom stereocenters. The fraction of sp³-hybridized carbons (Fsp3) is 0.308. The second-order valence-corrected chi connectivity index (χ2v) is 7.79. The molecule has 0 bridgehead atoms. The standard InChI is InChI=1S/C13H16N2O4S2/c1-9(13-15(17)7-8-20-13)14-12(16)10-3-5-11(6-4-10)21(2,18)19/h3-9,13,17H,1-2H3,(H,14,16)/t9-,13?/m0/s1. The Bertz CT molecular complexity index is 655. The normalized spacial score (nSPS) is 19.6. The predicted octanol–water partition coefficient (Wildman–Crippen LogP) is 1.44. The van der Waals surface area contributed by atoms with Gasteiger partial charge in [-0.2, -0.15) is 0 Å². The van der Waals surface area contributed by atoms with E-state index in [9.17, 15) is 18.4 Å². The minimum Gasteiger partial charge on any atom is -0.347 e. The average molecular weight is 328 g/mol. The minimum atomic E-state index is -3.27. The van der Waals surface area contributed by atoms with Crippen molar-refractivity contribution in [1.82, 2.24) is 10.4 Å². The highest BCUT2D eigenvalue weighted by Gasteiger charge is 2.26. The van der Waals surface area contributed by atoms with Crippen LogP contribution in [-0.2, 0) is 9.84 Å². The van der Waals surface area contributed by atoms with Gasteiger partial charge in [-0.3, -0.25) is 10.0 Å². The molecule has 2 N–H and O–H groups in total. The summed E-state index contributed by atoms with van der Waals surface area (Å²) in [6, 6.07) is 5.46. The fourth-order valence-electron chi connectivity index (χ4n) is 1.89. The number of benzene rings is 1. The van der Waals surface area contributed by atoms with Crippen molar-refractivity contribution in [2.24, 2.45) is 0 Å². The van der Waals surface area contributed by atoms with Crippen LogP contribution in [-0.4, -0.2) is 42.3 Å². The Labute approximate surface area is 127 Å². The topological polar surface area (TPSA) is 86.7 Å². The third kappa shape index (κ3) is 3.78. The summed E-state index contributed by atoms with van der Waals surface area (Å²) in [7, 11) is -3.27. The molecule has 6 nitrogen and oxygen atoms in total. The van der Waals surface area contributed by atoms with Gasteiger partial charge in [-0.05, 0) is 36.6 Å². The molecule has 0 saturated heterocycles. The van der Waals surface area contributed by atoms with Gasteiger partial charge in [-0.1, -0.05) is 0 Å². The summed E-state index contributed by atoms with van der Waals surface area (Å²) in [4.78, 5) is 12.3. The number of amides is 1. The maximum Gasteiger partial charge on any atom is 0.251 e. The van der Waals surface area contributed by atoms with Gasteiger partial charge in [0.1, 0.15) is 5.37 Å². The Morgan fingerprint density at radius 1 is 1.38 bits per heavy atom. The van der Waals surface area contributed by atoms with E-state index in [4.69, 9.17) is 0 Å². The summed E-state index contributed by atoms with van der Waals surface area (Å²) < 4.78 is 22.7. The summed E-state index contributed by atoms with van der Waals surface area (Å²) >= 11 is 1.40. The van der Waals surface area contributed by atoms with Crippen LogP contribution in [0.15, 0.2) is 40.8 Å². The number of hydrogen-bond acceptors (Lipinski definition) is 6. The van der Waals surface area contributed by atoms with E-state index in [1.54, 1.807) is 12.3 Å². The average Bonchev–Trinajstić information content (AvgIpc) is 2.84. The molecule has 1 aliphatic heterocycles. The van der Waals surface area contributed by atoms with Crippen LogP contribution in [0.2, 0.25) is 0 Å². The van der Waals surface area contributed by atoms with Crippen molar-refractivity contribution in [3.63, 3.8) is 0 Å². The van der Waals surface area contributed by atoms with E-state index in [0.717, 1.165) is 11.3 Å². The number of hydroxylamine groups is 2. The SMILES string of the molecule is C[C@H](NC(=O)c1ccc(S(C)(=O)=O)cc1)C1SC=CN1O. The van der Waals surface area contributed by atoms with Crippen LogP contribution in [0.5, 0.6) is 0 Å². The quantitative estimate of drug-likeness (QED) is 0.870. The van der Waals surface area contributed by atoms with E-state index in [0.29, 0.717) is 5.56 Å². The van der Waals surface area contributed by atoms with Gasteiger partial charge in [0, 0.05) is 18.0 Å². The molecule has 1 aliphatic rings. The molecule has 2 atom stereocenters. The van der Waals surface area contributed by atoms with E-state index >= 15 is 0 Å². The van der Waals surface area contributed by atoms with Gasteiger partial charge in [0.15, 0.2) is 9.84 Å². The molecule has 0 fully saturated rings. The Morgan fingerprint density at radius 2 is 2.00 bits per heavy atom. The monoisotopic (exact) mass is 328 g/mol. The van der Waals surface area contributed by atoms with E-state index in [1.807, 2.05) is 0 Å². The first-order chi connectivity index (χ1) is 9.79. The summed E-state index contributed by atoms with van der Waals surface area (Å²) in [6.45, 7) is 1.79. The summed E-state index contributed by atoms with van der Waals surface area (Å²) in [5.41, 5.74) is 0.370. The van der Waals surface area contributed by atoms with Crippen LogP contribution in [0.1, 0.15) is 17.3 Å². The number of carbonyl (C=O) groups excluding carboxylic acids is 1. The fourth-order valence-corrected chi connectivity index (χ4v) is 3.37. The Hall–Kier alpha value is -1.51. The molecular weight excluding hydrogens is 312 g/mol. The van der Waals surface area contributed by atoms with Crippen molar-refractivity contribution in [1.29, 1.82) is 0 Å². The zero-order valence-corrected chi connectivity index (χ0v) is 13.2. The number of carbonyl (C=O) groups is 1. The largest absolute Gasteiger partial charge is 0.347 e. The maximum absolute atomic E-state index is 12.1. The number of rotatable bonds is 4. The molecule has 0 aromatic heterocycles. The molecule has 0 aliphatic carbocycles. The molecule has 1 amide bonds. The van der Waals surface area contributed by atoms with Crippen LogP contribution in [0.4, 0.5) is 0 Å². The van der Waals surface area contributed by atoms with Gasteiger partial charge in [0.25, 0.3) is 5.91 Å². The summed E-state index contributed by atoms with van der Waals surface area (Å²) in [6.07, 6.45) is 2.64. The predicted molar refractivity (Wildman–Crippen MR) is 80.6 cm³/mol. The van der Waals surface area contributed by atoms with Crippen LogP contribution in [0.3, 0.4) is 0 Å². The van der Waals surface area contributed by atoms with Gasteiger partial charge in [0.2, 0.25) is 0 Å². The van der Waals surface area contributed by atoms with E-state index in [-0.39, 0.29) is 22.2 Å². The van der Waals surface area contributed by atoms with Gasteiger partial charge < -0.3 is 5.32 Å². The molecule has 2 rings (SSSR count). The highest BCUT2D eigenvalue weighted by atomic mass is 32.2. The minimum absolute atomic E-state index is 0.171. The Morgan fingerprint density at radius 3 is 2.48 bits per heavy atom. The lowest BCUT2D eigenvalue weighted by Crippen LogP contribution is -2.44. The first kappa shape index (κ1) is 15.9. The molecule has 8 heteroatoms.